The van der Waals surface area contributed by atoms with E-state index < -0.39 is 0 Å². The highest BCUT2D eigenvalue weighted by molar-refractivity contribution is 5.69. The molecule has 1 amide bonds. The zero-order valence-corrected chi connectivity index (χ0v) is 12.1. The summed E-state index contributed by atoms with van der Waals surface area (Å²) in [6.45, 7) is 14.3. The Morgan fingerprint density at radius 2 is 1.82 bits per heavy atom. The molecule has 0 aromatic heterocycles. The number of carbonyl (C=O) groups excluding carboxylic acids is 1. The summed E-state index contributed by atoms with van der Waals surface area (Å²) in [5.74, 6) is 2.13. The van der Waals surface area contributed by atoms with Gasteiger partial charge in [0.2, 0.25) is 0 Å². The third kappa shape index (κ3) is 4.57. The van der Waals surface area contributed by atoms with E-state index in [-0.39, 0.29) is 11.7 Å². The summed E-state index contributed by atoms with van der Waals surface area (Å²) >= 11 is 0. The first kappa shape index (κ1) is 14.3. The van der Waals surface area contributed by atoms with Crippen LogP contribution in [0, 0.1) is 17.8 Å². The van der Waals surface area contributed by atoms with Gasteiger partial charge >= 0.3 is 6.09 Å². The number of carbonyl (C=O) groups is 1. The van der Waals surface area contributed by atoms with Gasteiger partial charge in [-0.2, -0.15) is 0 Å². The Morgan fingerprint density at radius 3 is 2.24 bits per heavy atom. The molecular formula is C14H27NO2. The van der Waals surface area contributed by atoms with Crippen molar-refractivity contribution in [1.29, 1.82) is 0 Å². The maximum Gasteiger partial charge on any atom is 0.410 e. The van der Waals surface area contributed by atoms with Gasteiger partial charge in [0.25, 0.3) is 0 Å². The zero-order chi connectivity index (χ0) is 13.2. The van der Waals surface area contributed by atoms with E-state index in [0.717, 1.165) is 24.9 Å². The highest BCUT2D eigenvalue weighted by Crippen LogP contribution is 2.27. The van der Waals surface area contributed by atoms with Crippen LogP contribution in [0.4, 0.5) is 4.79 Å². The fourth-order valence-corrected chi connectivity index (χ4v) is 1.99. The molecule has 1 unspecified atom stereocenters. The van der Waals surface area contributed by atoms with E-state index in [0.29, 0.717) is 5.92 Å². The third-order valence-electron chi connectivity index (χ3n) is 3.45. The summed E-state index contributed by atoms with van der Waals surface area (Å²) in [5, 5.41) is 0. The summed E-state index contributed by atoms with van der Waals surface area (Å²) in [6, 6.07) is 0. The molecule has 17 heavy (non-hydrogen) atoms. The molecule has 1 aliphatic heterocycles. The van der Waals surface area contributed by atoms with Crippen molar-refractivity contribution >= 4 is 6.09 Å². The fraction of sp³-hybridized carbons (Fsp3) is 0.929. The predicted molar refractivity (Wildman–Crippen MR) is 69.9 cm³/mol. The number of hydrogen-bond acceptors (Lipinski definition) is 2. The van der Waals surface area contributed by atoms with E-state index in [2.05, 4.69) is 20.8 Å². The van der Waals surface area contributed by atoms with Crippen molar-refractivity contribution in [1.82, 2.24) is 4.90 Å². The van der Waals surface area contributed by atoms with Crippen molar-refractivity contribution in [2.75, 3.05) is 13.1 Å². The molecule has 0 aromatic rings. The minimum Gasteiger partial charge on any atom is -0.444 e. The Hall–Kier alpha value is -0.730. The average Bonchev–Trinajstić information content (AvgIpc) is 2.06. The molecule has 1 atom stereocenters. The second kappa shape index (κ2) is 5.28. The van der Waals surface area contributed by atoms with Crippen molar-refractivity contribution in [3.05, 3.63) is 0 Å². The van der Waals surface area contributed by atoms with Gasteiger partial charge in [0, 0.05) is 13.1 Å². The molecule has 100 valence electrons. The van der Waals surface area contributed by atoms with E-state index in [4.69, 9.17) is 4.74 Å². The van der Waals surface area contributed by atoms with Crippen LogP contribution < -0.4 is 0 Å². The van der Waals surface area contributed by atoms with Gasteiger partial charge in [-0.1, -0.05) is 20.8 Å². The zero-order valence-electron chi connectivity index (χ0n) is 12.1. The van der Waals surface area contributed by atoms with Crippen LogP contribution in [0.1, 0.15) is 48.0 Å². The van der Waals surface area contributed by atoms with E-state index in [1.54, 1.807) is 0 Å². The lowest BCUT2D eigenvalue weighted by Crippen LogP contribution is -2.52. The van der Waals surface area contributed by atoms with Gasteiger partial charge in [-0.3, -0.25) is 0 Å². The molecule has 0 spiro atoms. The largest absolute Gasteiger partial charge is 0.444 e. The van der Waals surface area contributed by atoms with Crippen molar-refractivity contribution in [2.24, 2.45) is 17.8 Å². The second-order valence-corrected chi connectivity index (χ2v) is 6.71. The molecule has 3 nitrogen and oxygen atoms in total. The first-order valence-electron chi connectivity index (χ1n) is 6.67. The summed E-state index contributed by atoms with van der Waals surface area (Å²) in [6.07, 6.45) is 1.06. The second-order valence-electron chi connectivity index (χ2n) is 6.71. The molecule has 3 heteroatoms. The summed E-state index contributed by atoms with van der Waals surface area (Å²) in [7, 11) is 0. The van der Waals surface area contributed by atoms with Crippen molar-refractivity contribution < 1.29 is 9.53 Å². The Balaban J connectivity index is 2.25. The van der Waals surface area contributed by atoms with Crippen LogP contribution in [0.15, 0.2) is 0 Å². The maximum atomic E-state index is 11.7. The molecule has 0 bridgehead atoms. The topological polar surface area (TPSA) is 29.5 Å². The number of likely N-dealkylation sites (tertiary alicyclic amines) is 1. The van der Waals surface area contributed by atoms with Crippen molar-refractivity contribution in [3.8, 4) is 0 Å². The van der Waals surface area contributed by atoms with Crippen LogP contribution in [0.3, 0.4) is 0 Å². The first-order chi connectivity index (χ1) is 7.69. The summed E-state index contributed by atoms with van der Waals surface area (Å²) in [4.78, 5) is 13.5. The average molecular weight is 241 g/mol. The van der Waals surface area contributed by atoms with E-state index in [1.165, 1.54) is 6.42 Å². The normalized spacial score (nSPS) is 19.1. The monoisotopic (exact) mass is 241 g/mol. The Kier molecular flexibility index (Phi) is 4.45. The van der Waals surface area contributed by atoms with Crippen LogP contribution >= 0.6 is 0 Å². The first-order valence-corrected chi connectivity index (χ1v) is 6.67. The van der Waals surface area contributed by atoms with Gasteiger partial charge in [0.15, 0.2) is 0 Å². The van der Waals surface area contributed by atoms with E-state index in [9.17, 15) is 4.79 Å². The van der Waals surface area contributed by atoms with Gasteiger partial charge in [-0.05, 0) is 44.9 Å². The highest BCUT2D eigenvalue weighted by Gasteiger charge is 2.34. The number of ether oxygens (including phenoxy) is 1. The van der Waals surface area contributed by atoms with Crippen LogP contribution in [0.2, 0.25) is 0 Å². The lowest BCUT2D eigenvalue weighted by molar-refractivity contribution is -0.00503. The standard InChI is InChI=1S/C14H27NO2/c1-10(2)11(3)7-12-8-15(9-12)13(16)17-14(4,5)6/h10-12H,7-9H2,1-6H3. The third-order valence-corrected chi connectivity index (χ3v) is 3.45. The minimum atomic E-state index is -0.382. The van der Waals surface area contributed by atoms with Gasteiger partial charge in [-0.15, -0.1) is 0 Å². The lowest BCUT2D eigenvalue weighted by Gasteiger charge is -2.41. The number of nitrogens with zero attached hydrogens (tertiary/aromatic N) is 1. The fourth-order valence-electron chi connectivity index (χ4n) is 1.99. The molecule has 0 saturated carbocycles. The van der Waals surface area contributed by atoms with Crippen LogP contribution in [-0.4, -0.2) is 29.7 Å². The summed E-state index contributed by atoms with van der Waals surface area (Å²) < 4.78 is 5.33. The van der Waals surface area contributed by atoms with Crippen LogP contribution in [0.5, 0.6) is 0 Å². The SMILES string of the molecule is CC(C)C(C)CC1CN(C(=O)OC(C)(C)C)C1. The Bertz CT molecular complexity index is 262. The summed E-state index contributed by atoms with van der Waals surface area (Å²) in [5.41, 5.74) is -0.382. The molecule has 1 heterocycles. The highest BCUT2D eigenvalue weighted by atomic mass is 16.6. The molecular weight excluding hydrogens is 214 g/mol. The van der Waals surface area contributed by atoms with Gasteiger partial charge in [-0.25, -0.2) is 4.79 Å². The maximum absolute atomic E-state index is 11.7. The molecule has 1 aliphatic rings. The van der Waals surface area contributed by atoms with Gasteiger partial charge < -0.3 is 9.64 Å². The molecule has 0 N–H and O–H groups in total. The lowest BCUT2D eigenvalue weighted by atomic mass is 9.84. The van der Waals surface area contributed by atoms with Gasteiger partial charge in [0.05, 0.1) is 0 Å². The number of hydrogen-bond donors (Lipinski definition) is 0. The molecule has 0 aliphatic carbocycles. The molecule has 0 radical (unpaired) electrons. The minimum absolute atomic E-state index is 0.161. The van der Waals surface area contributed by atoms with Crippen molar-refractivity contribution in [2.45, 2.75) is 53.6 Å². The molecule has 1 rings (SSSR count). The Labute approximate surface area is 106 Å². The van der Waals surface area contributed by atoms with E-state index in [1.807, 2.05) is 25.7 Å². The number of rotatable bonds is 3. The van der Waals surface area contributed by atoms with Crippen LogP contribution in [-0.2, 0) is 4.74 Å². The molecule has 1 fully saturated rings. The van der Waals surface area contributed by atoms with E-state index >= 15 is 0 Å². The quantitative estimate of drug-likeness (QED) is 0.756. The Morgan fingerprint density at radius 1 is 1.29 bits per heavy atom. The predicted octanol–water partition coefficient (Wildman–Crippen LogP) is 3.54. The van der Waals surface area contributed by atoms with Crippen LogP contribution in [0.25, 0.3) is 0 Å². The van der Waals surface area contributed by atoms with Crippen molar-refractivity contribution in [3.63, 3.8) is 0 Å². The number of amides is 1. The molecule has 0 aromatic carbocycles. The smallest absolute Gasteiger partial charge is 0.410 e. The molecule has 1 saturated heterocycles. The van der Waals surface area contributed by atoms with Gasteiger partial charge in [0.1, 0.15) is 5.60 Å².